The Labute approximate surface area is 212 Å². The van der Waals surface area contributed by atoms with E-state index < -0.39 is 0 Å². The third kappa shape index (κ3) is 5.11. The minimum Gasteiger partial charge on any atom is -0.482 e. The molecule has 0 radical (unpaired) electrons. The quantitative estimate of drug-likeness (QED) is 0.599. The van der Waals surface area contributed by atoms with Crippen molar-refractivity contribution in [3.05, 3.63) is 70.7 Å². The van der Waals surface area contributed by atoms with E-state index >= 15 is 0 Å². The minimum atomic E-state index is -0.366. The molecule has 2 saturated heterocycles. The zero-order valence-corrected chi connectivity index (χ0v) is 21.1. The maximum atomic E-state index is 13.7. The van der Waals surface area contributed by atoms with E-state index in [0.29, 0.717) is 18.7 Å². The molecule has 2 atom stereocenters. The summed E-state index contributed by atoms with van der Waals surface area (Å²) in [6.45, 7) is 7.06. The first kappa shape index (κ1) is 24.3. The summed E-state index contributed by atoms with van der Waals surface area (Å²) in [6.07, 6.45) is 5.18. The highest BCUT2D eigenvalue weighted by Gasteiger charge is 2.42. The number of morpholine rings is 1. The van der Waals surface area contributed by atoms with Gasteiger partial charge in [0.1, 0.15) is 18.5 Å². The Kier molecular flexibility index (Phi) is 6.99. The molecule has 2 aliphatic heterocycles. The summed E-state index contributed by atoms with van der Waals surface area (Å²) >= 11 is 0. The van der Waals surface area contributed by atoms with E-state index in [2.05, 4.69) is 36.9 Å². The SMILES string of the molecule is Cc1ccc(C)c(N2CCN(C(=O)CN3C(=O)/C(=C\c4cccc(F)c4)OC4CCCCC43)CC2)c1. The molecule has 5 rings (SSSR count). The van der Waals surface area contributed by atoms with E-state index in [1.807, 2.05) is 4.90 Å². The number of fused-ring (bicyclic) bond motifs is 1. The Balaban J connectivity index is 1.29. The molecule has 0 N–H and O–H groups in total. The Bertz CT molecular complexity index is 1170. The molecule has 2 aromatic carbocycles. The molecule has 0 aromatic heterocycles. The number of amides is 2. The Hall–Kier alpha value is -3.35. The highest BCUT2D eigenvalue weighted by atomic mass is 19.1. The van der Waals surface area contributed by atoms with E-state index in [1.165, 1.54) is 28.9 Å². The second-order valence-electron chi connectivity index (χ2n) is 10.2. The van der Waals surface area contributed by atoms with Crippen LogP contribution in [0.25, 0.3) is 6.08 Å². The van der Waals surface area contributed by atoms with Gasteiger partial charge in [0.05, 0.1) is 6.04 Å². The molecule has 2 heterocycles. The number of carbonyl (C=O) groups excluding carboxylic acids is 2. The summed E-state index contributed by atoms with van der Waals surface area (Å²) < 4.78 is 19.8. The Morgan fingerprint density at radius 2 is 1.83 bits per heavy atom. The number of nitrogens with zero attached hydrogens (tertiary/aromatic N) is 3. The van der Waals surface area contributed by atoms with Gasteiger partial charge in [-0.1, -0.05) is 30.7 Å². The zero-order valence-electron chi connectivity index (χ0n) is 21.1. The average molecular weight is 492 g/mol. The predicted molar refractivity (Wildman–Crippen MR) is 138 cm³/mol. The van der Waals surface area contributed by atoms with E-state index in [4.69, 9.17) is 4.74 Å². The Morgan fingerprint density at radius 3 is 2.61 bits per heavy atom. The van der Waals surface area contributed by atoms with Gasteiger partial charge in [-0.25, -0.2) is 4.39 Å². The highest BCUT2D eigenvalue weighted by Crippen LogP contribution is 2.33. The normalized spacial score (nSPS) is 23.5. The van der Waals surface area contributed by atoms with E-state index in [-0.39, 0.29) is 42.1 Å². The number of aryl methyl sites for hydroxylation is 2. The van der Waals surface area contributed by atoms with Gasteiger partial charge >= 0.3 is 0 Å². The molecule has 2 amide bonds. The van der Waals surface area contributed by atoms with Gasteiger partial charge in [-0.3, -0.25) is 9.59 Å². The van der Waals surface area contributed by atoms with Gasteiger partial charge in [0.15, 0.2) is 5.76 Å². The second kappa shape index (κ2) is 10.3. The fourth-order valence-electron chi connectivity index (χ4n) is 5.61. The fourth-order valence-corrected chi connectivity index (χ4v) is 5.61. The van der Waals surface area contributed by atoms with Gasteiger partial charge in [-0.2, -0.15) is 0 Å². The van der Waals surface area contributed by atoms with Crippen molar-refractivity contribution in [2.24, 2.45) is 0 Å². The van der Waals surface area contributed by atoms with Crippen molar-refractivity contribution in [2.45, 2.75) is 51.7 Å². The highest BCUT2D eigenvalue weighted by molar-refractivity contribution is 5.98. The summed E-state index contributed by atoms with van der Waals surface area (Å²) in [7, 11) is 0. The lowest BCUT2D eigenvalue weighted by Gasteiger charge is -2.45. The summed E-state index contributed by atoms with van der Waals surface area (Å²) in [6, 6.07) is 12.5. The van der Waals surface area contributed by atoms with Crippen LogP contribution in [0.4, 0.5) is 10.1 Å². The molecule has 190 valence electrons. The number of piperazine rings is 1. The van der Waals surface area contributed by atoms with Crippen LogP contribution in [0.2, 0.25) is 0 Å². The first-order valence-electron chi connectivity index (χ1n) is 12.9. The number of benzene rings is 2. The molecule has 6 nitrogen and oxygen atoms in total. The van der Waals surface area contributed by atoms with Crippen molar-refractivity contribution in [1.82, 2.24) is 9.80 Å². The van der Waals surface area contributed by atoms with E-state index in [1.54, 1.807) is 23.1 Å². The first-order valence-corrected chi connectivity index (χ1v) is 12.9. The van der Waals surface area contributed by atoms with Crippen molar-refractivity contribution in [2.75, 3.05) is 37.6 Å². The zero-order chi connectivity index (χ0) is 25.2. The number of ether oxygens (including phenoxy) is 1. The van der Waals surface area contributed by atoms with Gasteiger partial charge in [-0.15, -0.1) is 0 Å². The molecule has 7 heteroatoms. The molecule has 2 unspecified atom stereocenters. The molecule has 2 aromatic rings. The summed E-state index contributed by atoms with van der Waals surface area (Å²) in [5, 5.41) is 0. The van der Waals surface area contributed by atoms with Crippen LogP contribution in [0.5, 0.6) is 0 Å². The molecule has 36 heavy (non-hydrogen) atoms. The standard InChI is InChI=1S/C29H34FN3O3/c1-20-10-11-21(2)25(16-20)31-12-14-32(15-13-31)28(34)19-33-24-8-3-4-9-26(24)36-27(29(33)35)18-22-6-5-7-23(30)17-22/h5-7,10-11,16-18,24,26H,3-4,8-9,12-15,19H2,1-2H3/b27-18+. The molecule has 1 aliphatic carbocycles. The maximum Gasteiger partial charge on any atom is 0.289 e. The number of carbonyl (C=O) groups is 2. The summed E-state index contributed by atoms with van der Waals surface area (Å²) in [4.78, 5) is 32.7. The molecular formula is C29H34FN3O3. The average Bonchev–Trinajstić information content (AvgIpc) is 2.88. The number of hydrogen-bond donors (Lipinski definition) is 0. The van der Waals surface area contributed by atoms with Gasteiger partial charge in [0.25, 0.3) is 5.91 Å². The van der Waals surface area contributed by atoms with Gasteiger partial charge in [0, 0.05) is 31.9 Å². The van der Waals surface area contributed by atoms with Gasteiger partial charge in [0.2, 0.25) is 5.91 Å². The number of anilines is 1. The molecular weight excluding hydrogens is 457 g/mol. The molecule has 3 fully saturated rings. The van der Waals surface area contributed by atoms with Crippen LogP contribution in [0, 0.1) is 19.7 Å². The third-order valence-electron chi connectivity index (χ3n) is 7.61. The van der Waals surface area contributed by atoms with Crippen molar-refractivity contribution < 1.29 is 18.7 Å². The van der Waals surface area contributed by atoms with Crippen LogP contribution in [0.3, 0.4) is 0 Å². The largest absolute Gasteiger partial charge is 0.482 e. The van der Waals surface area contributed by atoms with Gasteiger partial charge < -0.3 is 19.4 Å². The predicted octanol–water partition coefficient (Wildman–Crippen LogP) is 4.30. The van der Waals surface area contributed by atoms with Crippen molar-refractivity contribution in [3.8, 4) is 0 Å². The van der Waals surface area contributed by atoms with Crippen molar-refractivity contribution >= 4 is 23.6 Å². The number of hydrogen-bond acceptors (Lipinski definition) is 4. The fraction of sp³-hybridized carbons (Fsp3) is 0.448. The van der Waals surface area contributed by atoms with Crippen LogP contribution >= 0.6 is 0 Å². The molecule has 0 spiro atoms. The monoisotopic (exact) mass is 491 g/mol. The lowest BCUT2D eigenvalue weighted by Crippen LogP contribution is -2.58. The minimum absolute atomic E-state index is 0.0275. The second-order valence-corrected chi connectivity index (χ2v) is 10.2. The number of halogens is 1. The van der Waals surface area contributed by atoms with Crippen LogP contribution < -0.4 is 4.90 Å². The summed E-state index contributed by atoms with van der Waals surface area (Å²) in [5.74, 6) is -0.489. The smallest absolute Gasteiger partial charge is 0.289 e. The van der Waals surface area contributed by atoms with E-state index in [0.717, 1.165) is 38.8 Å². The Morgan fingerprint density at radius 1 is 1.06 bits per heavy atom. The van der Waals surface area contributed by atoms with Crippen LogP contribution in [-0.4, -0.2) is 66.5 Å². The van der Waals surface area contributed by atoms with E-state index in [9.17, 15) is 14.0 Å². The molecule has 1 saturated carbocycles. The van der Waals surface area contributed by atoms with Gasteiger partial charge in [-0.05, 0) is 74.1 Å². The van der Waals surface area contributed by atoms with Crippen molar-refractivity contribution in [1.29, 1.82) is 0 Å². The lowest BCUT2D eigenvalue weighted by atomic mass is 9.89. The van der Waals surface area contributed by atoms with Crippen LogP contribution in [-0.2, 0) is 14.3 Å². The summed E-state index contributed by atoms with van der Waals surface area (Å²) in [5.41, 5.74) is 4.26. The van der Waals surface area contributed by atoms with Crippen LogP contribution in [0.15, 0.2) is 48.2 Å². The van der Waals surface area contributed by atoms with Crippen LogP contribution in [0.1, 0.15) is 42.4 Å². The topological polar surface area (TPSA) is 53.1 Å². The third-order valence-corrected chi connectivity index (χ3v) is 7.61. The first-order chi connectivity index (χ1) is 17.4. The maximum absolute atomic E-state index is 13.7. The molecule has 0 bridgehead atoms. The number of rotatable bonds is 4. The van der Waals surface area contributed by atoms with Crippen molar-refractivity contribution in [3.63, 3.8) is 0 Å². The lowest BCUT2D eigenvalue weighted by molar-refractivity contribution is -0.154. The molecule has 3 aliphatic rings.